The number of methoxy groups -OCH3 is 2. The van der Waals surface area contributed by atoms with Crippen molar-refractivity contribution in [1.29, 1.82) is 0 Å². The summed E-state index contributed by atoms with van der Waals surface area (Å²) < 4.78 is 14.4. The van der Waals surface area contributed by atoms with Gasteiger partial charge in [0.15, 0.2) is 0 Å². The third kappa shape index (κ3) is 3.74. The minimum Gasteiger partial charge on any atom is -0.486 e. The van der Waals surface area contributed by atoms with E-state index in [0.717, 1.165) is 0 Å². The van der Waals surface area contributed by atoms with Crippen LogP contribution in [0.5, 0.6) is 5.75 Å². The van der Waals surface area contributed by atoms with Crippen molar-refractivity contribution in [2.75, 3.05) is 26.6 Å². The molecule has 6 heteroatoms. The Morgan fingerprint density at radius 3 is 2.53 bits per heavy atom. The summed E-state index contributed by atoms with van der Waals surface area (Å²) in [7, 11) is 2.53. The third-order valence-corrected chi connectivity index (χ3v) is 2.31. The first-order valence-electron chi connectivity index (χ1n) is 5.36. The van der Waals surface area contributed by atoms with Crippen molar-refractivity contribution in [2.45, 2.75) is 0 Å². The van der Waals surface area contributed by atoms with Crippen LogP contribution in [-0.2, 0) is 14.3 Å². The van der Waals surface area contributed by atoms with Crippen molar-refractivity contribution < 1.29 is 23.8 Å². The maximum atomic E-state index is 11.4. The molecule has 1 aromatic rings. The maximum Gasteiger partial charge on any atom is 0.337 e. The van der Waals surface area contributed by atoms with Gasteiger partial charge in [-0.15, -0.1) is 0 Å². The molecule has 1 rings (SSSR count). The minimum atomic E-state index is -0.567. The molecule has 19 heavy (non-hydrogen) atoms. The van der Waals surface area contributed by atoms with Crippen LogP contribution in [0.25, 0.3) is 0 Å². The van der Waals surface area contributed by atoms with Gasteiger partial charge in [-0.25, -0.2) is 9.59 Å². The average molecular weight is 265 g/mol. The quantitative estimate of drug-likeness (QED) is 0.488. The number of anilines is 1. The predicted molar refractivity (Wildman–Crippen MR) is 68.8 cm³/mol. The standard InChI is InChI=1S/C13H15NO5/c1-8(12(15)17-2)7-19-11-6-9(13(16)18-3)4-5-10(11)14/h4-6H,1,7,14H2,2-3H3. The summed E-state index contributed by atoms with van der Waals surface area (Å²) in [6.07, 6.45) is 0. The van der Waals surface area contributed by atoms with Gasteiger partial charge in [-0.2, -0.15) is 0 Å². The fraction of sp³-hybridized carbons (Fsp3) is 0.231. The molecule has 0 aliphatic rings. The number of ether oxygens (including phenoxy) is 3. The topological polar surface area (TPSA) is 87.9 Å². The lowest BCUT2D eigenvalue weighted by Gasteiger charge is -2.10. The van der Waals surface area contributed by atoms with E-state index >= 15 is 0 Å². The fourth-order valence-electron chi connectivity index (χ4n) is 1.27. The van der Waals surface area contributed by atoms with Gasteiger partial charge in [0.1, 0.15) is 12.4 Å². The normalized spacial score (nSPS) is 9.58. The van der Waals surface area contributed by atoms with Crippen LogP contribution in [0, 0.1) is 0 Å². The first kappa shape index (κ1) is 14.6. The summed E-state index contributed by atoms with van der Waals surface area (Å²) in [4.78, 5) is 22.5. The number of carbonyl (C=O) groups excluding carboxylic acids is 2. The molecule has 0 radical (unpaired) electrons. The van der Waals surface area contributed by atoms with E-state index in [0.29, 0.717) is 11.3 Å². The summed E-state index contributed by atoms with van der Waals surface area (Å²) >= 11 is 0. The van der Waals surface area contributed by atoms with Crippen LogP contribution in [0.1, 0.15) is 10.4 Å². The molecule has 0 heterocycles. The predicted octanol–water partition coefficient (Wildman–Crippen LogP) is 1.16. The van der Waals surface area contributed by atoms with Gasteiger partial charge < -0.3 is 19.9 Å². The SMILES string of the molecule is C=C(COc1cc(C(=O)OC)ccc1N)C(=O)OC. The molecule has 0 saturated heterocycles. The van der Waals surface area contributed by atoms with Crippen molar-refractivity contribution in [3.63, 3.8) is 0 Å². The zero-order chi connectivity index (χ0) is 14.4. The highest BCUT2D eigenvalue weighted by molar-refractivity contribution is 5.90. The Morgan fingerprint density at radius 2 is 1.95 bits per heavy atom. The lowest BCUT2D eigenvalue weighted by Crippen LogP contribution is -2.12. The molecule has 0 bridgehead atoms. The van der Waals surface area contributed by atoms with E-state index in [2.05, 4.69) is 16.1 Å². The third-order valence-electron chi connectivity index (χ3n) is 2.31. The molecule has 0 fully saturated rings. The largest absolute Gasteiger partial charge is 0.486 e. The van der Waals surface area contributed by atoms with Gasteiger partial charge in [0.05, 0.1) is 31.0 Å². The molecule has 0 aliphatic heterocycles. The van der Waals surface area contributed by atoms with Crippen LogP contribution in [0.3, 0.4) is 0 Å². The molecule has 0 aliphatic carbocycles. The first-order chi connectivity index (χ1) is 8.99. The van der Waals surface area contributed by atoms with E-state index in [4.69, 9.17) is 10.5 Å². The van der Waals surface area contributed by atoms with Crippen molar-refractivity contribution in [1.82, 2.24) is 0 Å². The molecule has 2 N–H and O–H groups in total. The highest BCUT2D eigenvalue weighted by atomic mass is 16.5. The summed E-state index contributed by atoms with van der Waals surface area (Å²) in [6.45, 7) is 3.43. The van der Waals surface area contributed by atoms with Crippen LogP contribution in [0.2, 0.25) is 0 Å². The zero-order valence-electron chi connectivity index (χ0n) is 10.8. The van der Waals surface area contributed by atoms with E-state index in [1.54, 1.807) is 0 Å². The van der Waals surface area contributed by atoms with Crippen molar-refractivity contribution in [3.8, 4) is 5.75 Å². The number of nitrogen functional groups attached to an aromatic ring is 1. The van der Waals surface area contributed by atoms with Crippen LogP contribution in [0.4, 0.5) is 5.69 Å². The average Bonchev–Trinajstić information content (AvgIpc) is 2.44. The van der Waals surface area contributed by atoms with E-state index < -0.39 is 11.9 Å². The second kappa shape index (κ2) is 6.44. The number of esters is 2. The number of benzene rings is 1. The zero-order valence-corrected chi connectivity index (χ0v) is 10.8. The van der Waals surface area contributed by atoms with Gasteiger partial charge >= 0.3 is 11.9 Å². The molecular formula is C13H15NO5. The molecule has 0 aromatic heterocycles. The van der Waals surface area contributed by atoms with Gasteiger partial charge in [-0.05, 0) is 18.2 Å². The second-order valence-corrected chi connectivity index (χ2v) is 3.63. The first-order valence-corrected chi connectivity index (χ1v) is 5.36. The molecule has 0 saturated carbocycles. The smallest absolute Gasteiger partial charge is 0.337 e. The number of carbonyl (C=O) groups is 2. The van der Waals surface area contributed by atoms with Crippen molar-refractivity contribution in [2.24, 2.45) is 0 Å². The van der Waals surface area contributed by atoms with Gasteiger partial charge in [-0.1, -0.05) is 6.58 Å². The van der Waals surface area contributed by atoms with Gasteiger partial charge in [0.25, 0.3) is 0 Å². The Labute approximate surface area is 110 Å². The highest BCUT2D eigenvalue weighted by Gasteiger charge is 2.12. The van der Waals surface area contributed by atoms with Gasteiger partial charge in [0.2, 0.25) is 0 Å². The van der Waals surface area contributed by atoms with Crippen molar-refractivity contribution in [3.05, 3.63) is 35.9 Å². The van der Waals surface area contributed by atoms with Crippen LogP contribution in [-0.4, -0.2) is 32.8 Å². The summed E-state index contributed by atoms with van der Waals surface area (Å²) in [5, 5.41) is 0. The molecule has 0 atom stereocenters. The molecule has 6 nitrogen and oxygen atoms in total. The molecular weight excluding hydrogens is 250 g/mol. The molecule has 0 unspecified atom stereocenters. The van der Waals surface area contributed by atoms with E-state index in [9.17, 15) is 9.59 Å². The lowest BCUT2D eigenvalue weighted by molar-refractivity contribution is -0.136. The Morgan fingerprint density at radius 1 is 1.26 bits per heavy atom. The van der Waals surface area contributed by atoms with Crippen LogP contribution < -0.4 is 10.5 Å². The van der Waals surface area contributed by atoms with E-state index in [1.807, 2.05) is 0 Å². The maximum absolute atomic E-state index is 11.4. The highest BCUT2D eigenvalue weighted by Crippen LogP contribution is 2.23. The Hall–Kier alpha value is -2.50. The van der Waals surface area contributed by atoms with Crippen molar-refractivity contribution >= 4 is 17.6 Å². The monoisotopic (exact) mass is 265 g/mol. The van der Waals surface area contributed by atoms with Crippen LogP contribution >= 0.6 is 0 Å². The summed E-state index contributed by atoms with van der Waals surface area (Å²) in [5.74, 6) is -0.799. The summed E-state index contributed by atoms with van der Waals surface area (Å²) in [5.41, 5.74) is 6.49. The molecule has 0 amide bonds. The number of nitrogens with two attached hydrogens (primary N) is 1. The van der Waals surface area contributed by atoms with Gasteiger partial charge in [0, 0.05) is 0 Å². The van der Waals surface area contributed by atoms with Gasteiger partial charge in [-0.3, -0.25) is 0 Å². The van der Waals surface area contributed by atoms with Crippen LogP contribution in [0.15, 0.2) is 30.4 Å². The number of rotatable bonds is 5. The minimum absolute atomic E-state index is 0.0818. The Bertz CT molecular complexity index is 510. The fourth-order valence-corrected chi connectivity index (χ4v) is 1.27. The number of hydrogen-bond acceptors (Lipinski definition) is 6. The Balaban J connectivity index is 2.80. The summed E-state index contributed by atoms with van der Waals surface area (Å²) in [6, 6.07) is 4.47. The van der Waals surface area contributed by atoms with E-state index in [1.165, 1.54) is 32.4 Å². The molecule has 1 aromatic carbocycles. The second-order valence-electron chi connectivity index (χ2n) is 3.63. The number of hydrogen-bond donors (Lipinski definition) is 1. The lowest BCUT2D eigenvalue weighted by atomic mass is 10.2. The molecule has 0 spiro atoms. The molecule has 102 valence electrons. The Kier molecular flexibility index (Phi) is 4.93. The van der Waals surface area contributed by atoms with E-state index in [-0.39, 0.29) is 17.9 Å².